The Morgan fingerprint density at radius 2 is 1.94 bits per heavy atom. The second kappa shape index (κ2) is 5.15. The summed E-state index contributed by atoms with van der Waals surface area (Å²) in [5.74, 6) is 0. The Morgan fingerprint density at radius 1 is 1.24 bits per heavy atom. The van der Waals surface area contributed by atoms with Crippen molar-refractivity contribution in [2.45, 2.75) is 26.4 Å². The fourth-order valence-corrected chi connectivity index (χ4v) is 1.81. The van der Waals surface area contributed by atoms with Crippen LogP contribution in [0.1, 0.15) is 29.8 Å². The number of aryl methyl sites for hydroxylation is 2. The normalized spacial score (nSPS) is 12.6. The molecule has 0 spiro atoms. The van der Waals surface area contributed by atoms with Crippen LogP contribution < -0.4 is 5.32 Å². The largest absolute Gasteiger partial charge is 0.305 e. The fraction of sp³-hybridized carbons (Fsp3) is 0.357. The molecule has 0 bridgehead atoms. The molecule has 1 N–H and O–H groups in total. The van der Waals surface area contributed by atoms with E-state index in [2.05, 4.69) is 48.5 Å². The monoisotopic (exact) mass is 229 g/mol. The first-order valence-electron chi connectivity index (χ1n) is 5.93. The molecule has 0 saturated heterocycles. The van der Waals surface area contributed by atoms with Crippen LogP contribution in [-0.2, 0) is 13.6 Å². The summed E-state index contributed by atoms with van der Waals surface area (Å²) < 4.78 is 1.90. The van der Waals surface area contributed by atoms with Gasteiger partial charge in [0.25, 0.3) is 0 Å². The highest BCUT2D eigenvalue weighted by atomic mass is 15.3. The van der Waals surface area contributed by atoms with E-state index in [1.54, 1.807) is 0 Å². The molecule has 0 saturated carbocycles. The molecule has 1 aromatic carbocycles. The van der Waals surface area contributed by atoms with Gasteiger partial charge in [-0.05, 0) is 25.5 Å². The highest BCUT2D eigenvalue weighted by Crippen LogP contribution is 2.13. The molecular formula is C14H19N3. The topological polar surface area (TPSA) is 29.9 Å². The molecule has 0 amide bonds. The molecule has 17 heavy (non-hydrogen) atoms. The van der Waals surface area contributed by atoms with Gasteiger partial charge in [0.05, 0.1) is 5.69 Å². The molecule has 0 aliphatic heterocycles. The standard InChI is InChI=1S/C14H19N3/c1-11-4-6-13(7-5-11)12(2)15-10-14-8-9-16-17(14)3/h4-9,12,15H,10H2,1-3H3/t12-/m0/s1. The summed E-state index contributed by atoms with van der Waals surface area (Å²) in [6.45, 7) is 5.13. The smallest absolute Gasteiger partial charge is 0.0518 e. The van der Waals surface area contributed by atoms with Crippen molar-refractivity contribution >= 4 is 0 Å². The molecule has 0 fully saturated rings. The Hall–Kier alpha value is -1.61. The maximum Gasteiger partial charge on any atom is 0.0518 e. The average molecular weight is 229 g/mol. The predicted octanol–water partition coefficient (Wildman–Crippen LogP) is 2.58. The summed E-state index contributed by atoms with van der Waals surface area (Å²) in [6, 6.07) is 11.0. The minimum atomic E-state index is 0.352. The zero-order valence-electron chi connectivity index (χ0n) is 10.6. The molecule has 0 aliphatic carbocycles. The number of nitrogens with one attached hydrogen (secondary N) is 1. The van der Waals surface area contributed by atoms with Crippen molar-refractivity contribution in [2.24, 2.45) is 7.05 Å². The van der Waals surface area contributed by atoms with E-state index < -0.39 is 0 Å². The molecule has 1 heterocycles. The number of aromatic nitrogens is 2. The highest BCUT2D eigenvalue weighted by Gasteiger charge is 2.05. The van der Waals surface area contributed by atoms with Crippen LogP contribution in [0.4, 0.5) is 0 Å². The van der Waals surface area contributed by atoms with Gasteiger partial charge in [-0.15, -0.1) is 0 Å². The zero-order chi connectivity index (χ0) is 12.3. The predicted molar refractivity (Wildman–Crippen MR) is 69.6 cm³/mol. The third kappa shape index (κ3) is 2.94. The van der Waals surface area contributed by atoms with E-state index in [1.165, 1.54) is 16.8 Å². The first-order chi connectivity index (χ1) is 8.16. The van der Waals surface area contributed by atoms with Crippen LogP contribution in [-0.4, -0.2) is 9.78 Å². The Balaban J connectivity index is 1.95. The van der Waals surface area contributed by atoms with E-state index in [1.807, 2.05) is 24.0 Å². The van der Waals surface area contributed by atoms with Gasteiger partial charge < -0.3 is 5.32 Å². The van der Waals surface area contributed by atoms with Gasteiger partial charge in [0.2, 0.25) is 0 Å². The van der Waals surface area contributed by atoms with E-state index in [0.29, 0.717) is 6.04 Å². The van der Waals surface area contributed by atoms with Gasteiger partial charge in [-0.2, -0.15) is 5.10 Å². The highest BCUT2D eigenvalue weighted by molar-refractivity contribution is 5.23. The Bertz CT molecular complexity index is 470. The maximum absolute atomic E-state index is 4.16. The summed E-state index contributed by atoms with van der Waals surface area (Å²) in [4.78, 5) is 0. The SMILES string of the molecule is Cc1ccc([C@H](C)NCc2ccnn2C)cc1. The average Bonchev–Trinajstić information content (AvgIpc) is 2.73. The summed E-state index contributed by atoms with van der Waals surface area (Å²) in [6.07, 6.45) is 1.83. The van der Waals surface area contributed by atoms with E-state index >= 15 is 0 Å². The maximum atomic E-state index is 4.16. The van der Waals surface area contributed by atoms with E-state index in [0.717, 1.165) is 6.54 Å². The number of hydrogen-bond acceptors (Lipinski definition) is 2. The number of hydrogen-bond donors (Lipinski definition) is 1. The molecule has 2 aromatic rings. The van der Waals surface area contributed by atoms with Crippen molar-refractivity contribution < 1.29 is 0 Å². The summed E-state index contributed by atoms with van der Waals surface area (Å²) in [7, 11) is 1.97. The van der Waals surface area contributed by atoms with Crippen molar-refractivity contribution in [3.8, 4) is 0 Å². The van der Waals surface area contributed by atoms with Crippen molar-refractivity contribution in [3.05, 3.63) is 53.3 Å². The lowest BCUT2D eigenvalue weighted by molar-refractivity contribution is 0.548. The second-order valence-corrected chi connectivity index (χ2v) is 4.46. The Labute approximate surface area is 102 Å². The Kier molecular flexibility index (Phi) is 3.59. The van der Waals surface area contributed by atoms with Gasteiger partial charge >= 0.3 is 0 Å². The molecule has 1 atom stereocenters. The van der Waals surface area contributed by atoms with Crippen LogP contribution in [0.2, 0.25) is 0 Å². The lowest BCUT2D eigenvalue weighted by atomic mass is 10.1. The number of benzene rings is 1. The van der Waals surface area contributed by atoms with Gasteiger partial charge in [-0.1, -0.05) is 29.8 Å². The van der Waals surface area contributed by atoms with Crippen LogP contribution in [0.15, 0.2) is 36.5 Å². The van der Waals surface area contributed by atoms with Crippen LogP contribution in [0.25, 0.3) is 0 Å². The third-order valence-corrected chi connectivity index (χ3v) is 3.09. The molecule has 1 aromatic heterocycles. The first-order valence-corrected chi connectivity index (χ1v) is 5.93. The summed E-state index contributed by atoms with van der Waals surface area (Å²) >= 11 is 0. The van der Waals surface area contributed by atoms with Crippen LogP contribution in [0, 0.1) is 6.92 Å². The van der Waals surface area contributed by atoms with E-state index in [4.69, 9.17) is 0 Å². The molecule has 90 valence electrons. The summed E-state index contributed by atoms with van der Waals surface area (Å²) in [5, 5.41) is 7.66. The lowest BCUT2D eigenvalue weighted by Crippen LogP contribution is -2.19. The van der Waals surface area contributed by atoms with Gasteiger partial charge in [-0.3, -0.25) is 4.68 Å². The van der Waals surface area contributed by atoms with Gasteiger partial charge in [0.1, 0.15) is 0 Å². The van der Waals surface area contributed by atoms with Crippen molar-refractivity contribution in [3.63, 3.8) is 0 Å². The van der Waals surface area contributed by atoms with Crippen LogP contribution in [0.5, 0.6) is 0 Å². The third-order valence-electron chi connectivity index (χ3n) is 3.09. The van der Waals surface area contributed by atoms with E-state index in [9.17, 15) is 0 Å². The van der Waals surface area contributed by atoms with Gasteiger partial charge in [-0.25, -0.2) is 0 Å². The van der Waals surface area contributed by atoms with Crippen molar-refractivity contribution in [1.82, 2.24) is 15.1 Å². The molecule has 0 radical (unpaired) electrons. The minimum absolute atomic E-state index is 0.352. The molecule has 2 rings (SSSR count). The minimum Gasteiger partial charge on any atom is -0.305 e. The van der Waals surface area contributed by atoms with E-state index in [-0.39, 0.29) is 0 Å². The molecule has 0 aliphatic rings. The van der Waals surface area contributed by atoms with Crippen molar-refractivity contribution in [2.75, 3.05) is 0 Å². The quantitative estimate of drug-likeness (QED) is 0.873. The first kappa shape index (κ1) is 11.9. The fourth-order valence-electron chi connectivity index (χ4n) is 1.81. The van der Waals surface area contributed by atoms with Crippen LogP contribution >= 0.6 is 0 Å². The lowest BCUT2D eigenvalue weighted by Gasteiger charge is -2.14. The second-order valence-electron chi connectivity index (χ2n) is 4.46. The Morgan fingerprint density at radius 3 is 2.53 bits per heavy atom. The van der Waals surface area contributed by atoms with Crippen molar-refractivity contribution in [1.29, 1.82) is 0 Å². The molecular weight excluding hydrogens is 210 g/mol. The zero-order valence-corrected chi connectivity index (χ0v) is 10.6. The number of nitrogens with zero attached hydrogens (tertiary/aromatic N) is 2. The molecule has 0 unspecified atom stereocenters. The van der Waals surface area contributed by atoms with Gasteiger partial charge in [0, 0.05) is 25.8 Å². The van der Waals surface area contributed by atoms with Crippen LogP contribution in [0.3, 0.4) is 0 Å². The number of rotatable bonds is 4. The summed E-state index contributed by atoms with van der Waals surface area (Å²) in [5.41, 5.74) is 3.81. The molecule has 3 heteroatoms. The molecule has 3 nitrogen and oxygen atoms in total. The van der Waals surface area contributed by atoms with Gasteiger partial charge in [0.15, 0.2) is 0 Å².